The maximum atomic E-state index is 13.4. The van der Waals surface area contributed by atoms with E-state index in [0.717, 1.165) is 9.87 Å². The van der Waals surface area contributed by atoms with Crippen LogP contribution in [0.3, 0.4) is 0 Å². The maximum absolute atomic E-state index is 13.4. The number of carbonyl (C=O) groups is 3. The molecule has 0 unspecified atom stereocenters. The first-order chi connectivity index (χ1) is 19.2. The Balaban J connectivity index is 1.67. The van der Waals surface area contributed by atoms with Crippen molar-refractivity contribution < 1.29 is 32.3 Å². The molecule has 0 atom stereocenters. The molecule has 0 aliphatic heterocycles. The Bertz CT molecular complexity index is 1430. The first-order valence-electron chi connectivity index (χ1n) is 12.2. The Hall–Kier alpha value is -4.55. The van der Waals surface area contributed by atoms with Crippen LogP contribution in [-0.2, 0) is 35.6 Å². The van der Waals surface area contributed by atoms with Crippen molar-refractivity contribution in [2.45, 2.75) is 18.2 Å². The Morgan fingerprint density at radius 3 is 2.25 bits per heavy atom. The molecule has 0 fully saturated rings. The van der Waals surface area contributed by atoms with E-state index in [4.69, 9.17) is 4.74 Å². The van der Waals surface area contributed by atoms with E-state index in [1.807, 2.05) is 30.3 Å². The Morgan fingerprint density at radius 1 is 0.950 bits per heavy atom. The molecule has 3 rings (SSSR count). The number of rotatable bonds is 13. The van der Waals surface area contributed by atoms with Crippen molar-refractivity contribution in [3.05, 3.63) is 90.0 Å². The Labute approximate surface area is 232 Å². The van der Waals surface area contributed by atoms with Crippen molar-refractivity contribution in [2.75, 3.05) is 32.1 Å². The summed E-state index contributed by atoms with van der Waals surface area (Å²) in [5.41, 5.74) is 4.37. The van der Waals surface area contributed by atoms with Crippen molar-refractivity contribution in [1.29, 1.82) is 0 Å². The SMILES string of the molecule is COC(=O)COc1ccc(/C=N/NC(=O)CN(CCc2ccccc2)S(=O)(=O)c2ccc(NC(C)=O)cc2)cc1. The normalized spacial score (nSPS) is 11.3. The summed E-state index contributed by atoms with van der Waals surface area (Å²) in [5.74, 6) is -0.952. The quantitative estimate of drug-likeness (QED) is 0.184. The number of benzene rings is 3. The number of nitrogens with one attached hydrogen (secondary N) is 2. The van der Waals surface area contributed by atoms with Gasteiger partial charge in [0.05, 0.1) is 24.8 Å². The summed E-state index contributed by atoms with van der Waals surface area (Å²) in [5, 5.41) is 6.51. The summed E-state index contributed by atoms with van der Waals surface area (Å²) >= 11 is 0. The molecule has 11 nitrogen and oxygen atoms in total. The molecule has 0 aliphatic carbocycles. The largest absolute Gasteiger partial charge is 0.482 e. The number of carbonyl (C=O) groups excluding carboxylic acids is 3. The van der Waals surface area contributed by atoms with Gasteiger partial charge in [-0.15, -0.1) is 0 Å². The van der Waals surface area contributed by atoms with E-state index in [9.17, 15) is 22.8 Å². The van der Waals surface area contributed by atoms with Gasteiger partial charge in [0.2, 0.25) is 15.9 Å². The van der Waals surface area contributed by atoms with Gasteiger partial charge in [0.25, 0.3) is 5.91 Å². The van der Waals surface area contributed by atoms with E-state index >= 15 is 0 Å². The number of ether oxygens (including phenoxy) is 2. The Morgan fingerprint density at radius 2 is 1.62 bits per heavy atom. The van der Waals surface area contributed by atoms with Crippen molar-refractivity contribution in [3.63, 3.8) is 0 Å². The number of hydrogen-bond donors (Lipinski definition) is 2. The number of esters is 1. The van der Waals surface area contributed by atoms with Crippen LogP contribution < -0.4 is 15.5 Å². The third-order valence-corrected chi connectivity index (χ3v) is 7.35. The van der Waals surface area contributed by atoms with Gasteiger partial charge in [0, 0.05) is 19.2 Å². The molecule has 0 aliphatic rings. The monoisotopic (exact) mass is 566 g/mol. The summed E-state index contributed by atoms with van der Waals surface area (Å²) in [6.07, 6.45) is 1.79. The summed E-state index contributed by atoms with van der Waals surface area (Å²) < 4.78 is 37.8. The van der Waals surface area contributed by atoms with Crippen LogP contribution in [0.1, 0.15) is 18.1 Å². The molecule has 0 aromatic heterocycles. The van der Waals surface area contributed by atoms with Crippen molar-refractivity contribution in [3.8, 4) is 5.75 Å². The van der Waals surface area contributed by atoms with Gasteiger partial charge in [-0.25, -0.2) is 18.6 Å². The van der Waals surface area contributed by atoms with Gasteiger partial charge in [-0.05, 0) is 66.1 Å². The molecule has 0 saturated heterocycles. The van der Waals surface area contributed by atoms with Gasteiger partial charge in [-0.3, -0.25) is 9.59 Å². The third-order valence-electron chi connectivity index (χ3n) is 5.49. The van der Waals surface area contributed by atoms with E-state index in [2.05, 4.69) is 20.6 Å². The molecule has 2 amide bonds. The molecule has 0 radical (unpaired) electrons. The van der Waals surface area contributed by atoms with E-state index in [1.54, 1.807) is 24.3 Å². The predicted molar refractivity (Wildman–Crippen MR) is 149 cm³/mol. The smallest absolute Gasteiger partial charge is 0.343 e. The number of methoxy groups -OCH3 is 1. The van der Waals surface area contributed by atoms with E-state index in [0.29, 0.717) is 23.4 Å². The second-order valence-corrected chi connectivity index (χ2v) is 10.4. The highest BCUT2D eigenvalue weighted by Crippen LogP contribution is 2.19. The summed E-state index contributed by atoms with van der Waals surface area (Å²) in [4.78, 5) is 35.1. The van der Waals surface area contributed by atoms with Gasteiger partial charge in [0.1, 0.15) is 5.75 Å². The van der Waals surface area contributed by atoms with Crippen molar-refractivity contribution in [1.82, 2.24) is 9.73 Å². The topological polar surface area (TPSA) is 143 Å². The average Bonchev–Trinajstić information content (AvgIpc) is 2.95. The lowest BCUT2D eigenvalue weighted by atomic mass is 10.1. The molecule has 3 aromatic rings. The van der Waals surface area contributed by atoms with Gasteiger partial charge in [-0.1, -0.05) is 30.3 Å². The molecule has 40 heavy (non-hydrogen) atoms. The highest BCUT2D eigenvalue weighted by Gasteiger charge is 2.26. The lowest BCUT2D eigenvalue weighted by Crippen LogP contribution is -2.40. The number of hydrogen-bond acceptors (Lipinski definition) is 8. The zero-order chi connectivity index (χ0) is 29.0. The average molecular weight is 567 g/mol. The Kier molecular flexibility index (Phi) is 10.9. The van der Waals surface area contributed by atoms with Crippen LogP contribution >= 0.6 is 0 Å². The fourth-order valence-corrected chi connectivity index (χ4v) is 4.87. The van der Waals surface area contributed by atoms with Gasteiger partial charge >= 0.3 is 5.97 Å². The molecule has 3 aromatic carbocycles. The summed E-state index contributed by atoms with van der Waals surface area (Å²) in [7, 11) is -2.78. The van der Waals surface area contributed by atoms with Crippen LogP contribution in [0.15, 0.2) is 88.9 Å². The third kappa shape index (κ3) is 9.33. The molecule has 12 heteroatoms. The van der Waals surface area contributed by atoms with Crippen LogP contribution in [0.4, 0.5) is 5.69 Å². The fraction of sp³-hybridized carbons (Fsp3) is 0.214. The minimum absolute atomic E-state index is 0.0135. The standard InChI is InChI=1S/C28H30N4O7S/c1-21(33)30-24-10-14-26(15-11-24)40(36,37)32(17-16-22-6-4-3-5-7-22)19-27(34)31-29-18-23-8-12-25(13-9-23)39-20-28(35)38-2/h3-15,18H,16-17,19-20H2,1-2H3,(H,30,33)(H,31,34)/b29-18+. The zero-order valence-corrected chi connectivity index (χ0v) is 22.9. The van der Waals surface area contributed by atoms with Gasteiger partial charge in [0.15, 0.2) is 6.61 Å². The number of amides is 2. The second-order valence-electron chi connectivity index (χ2n) is 8.51. The highest BCUT2D eigenvalue weighted by atomic mass is 32.2. The van der Waals surface area contributed by atoms with E-state index in [1.165, 1.54) is 44.5 Å². The number of nitrogens with zero attached hydrogens (tertiary/aromatic N) is 2. The van der Waals surface area contributed by atoms with Gasteiger partial charge < -0.3 is 14.8 Å². The van der Waals surface area contributed by atoms with Crippen molar-refractivity contribution >= 4 is 39.7 Å². The first-order valence-corrected chi connectivity index (χ1v) is 13.6. The zero-order valence-electron chi connectivity index (χ0n) is 22.1. The maximum Gasteiger partial charge on any atom is 0.343 e. The summed E-state index contributed by atoms with van der Waals surface area (Å²) in [6.45, 7) is 0.738. The number of anilines is 1. The minimum Gasteiger partial charge on any atom is -0.482 e. The second kappa shape index (κ2) is 14.6. The first kappa shape index (κ1) is 30.0. The molecular weight excluding hydrogens is 536 g/mol. The van der Waals surface area contributed by atoms with Crippen LogP contribution in [0, 0.1) is 0 Å². The predicted octanol–water partition coefficient (Wildman–Crippen LogP) is 2.58. The van der Waals surface area contributed by atoms with E-state index < -0.39 is 28.4 Å². The lowest BCUT2D eigenvalue weighted by molar-refractivity contribution is -0.142. The molecule has 0 heterocycles. The summed E-state index contributed by atoms with van der Waals surface area (Å²) in [6, 6.07) is 21.7. The molecule has 210 valence electrons. The number of sulfonamides is 1. The van der Waals surface area contributed by atoms with Crippen LogP contribution in [0.25, 0.3) is 0 Å². The van der Waals surface area contributed by atoms with Crippen LogP contribution in [-0.4, -0.2) is 63.5 Å². The molecule has 0 spiro atoms. The lowest BCUT2D eigenvalue weighted by Gasteiger charge is -2.21. The number of hydrazone groups is 1. The van der Waals surface area contributed by atoms with Crippen LogP contribution in [0.5, 0.6) is 5.75 Å². The minimum atomic E-state index is -4.05. The molecular formula is C28H30N4O7S. The van der Waals surface area contributed by atoms with Crippen LogP contribution in [0.2, 0.25) is 0 Å². The molecule has 0 bridgehead atoms. The van der Waals surface area contributed by atoms with Gasteiger partial charge in [-0.2, -0.15) is 9.41 Å². The van der Waals surface area contributed by atoms with Crippen molar-refractivity contribution in [2.24, 2.45) is 5.10 Å². The highest BCUT2D eigenvalue weighted by molar-refractivity contribution is 7.89. The van der Waals surface area contributed by atoms with E-state index in [-0.39, 0.29) is 24.0 Å². The molecule has 2 N–H and O–H groups in total. The fourth-order valence-electron chi connectivity index (χ4n) is 3.47. The molecule has 0 saturated carbocycles.